The van der Waals surface area contributed by atoms with Crippen LogP contribution in [0.15, 0.2) is 24.3 Å². The normalized spacial score (nSPS) is 14.1. The second kappa shape index (κ2) is 4.31. The lowest BCUT2D eigenvalue weighted by atomic mass is 10.1. The fourth-order valence-electron chi connectivity index (χ4n) is 2.22. The minimum atomic E-state index is -4.33. The smallest absolute Gasteiger partial charge is 0.347 e. The van der Waals surface area contributed by atoms with Crippen molar-refractivity contribution in [2.75, 3.05) is 6.54 Å². The molecule has 0 aliphatic carbocycles. The number of hydrogen-bond donors (Lipinski definition) is 1. The molecule has 1 heterocycles. The van der Waals surface area contributed by atoms with Gasteiger partial charge >= 0.3 is 6.18 Å². The van der Waals surface area contributed by atoms with Gasteiger partial charge in [0.05, 0.1) is 5.56 Å². The Morgan fingerprint density at radius 2 is 2.00 bits per heavy atom. The zero-order valence-electron chi connectivity index (χ0n) is 10.3. The summed E-state index contributed by atoms with van der Waals surface area (Å²) in [5.74, 6) is 0.0310. The first-order chi connectivity index (χ1) is 8.36. The predicted molar refractivity (Wildman–Crippen MR) is 65.4 cm³/mol. The Hall–Kier alpha value is -1.49. The van der Waals surface area contributed by atoms with Gasteiger partial charge in [-0.25, -0.2) is 0 Å². The number of aromatic nitrogens is 1. The summed E-state index contributed by atoms with van der Waals surface area (Å²) in [5, 5.41) is 0.239. The number of rotatable bonds is 2. The van der Waals surface area contributed by atoms with Crippen LogP contribution in [0.25, 0.3) is 10.9 Å². The molecule has 2 aromatic rings. The third-order valence-corrected chi connectivity index (χ3v) is 3.29. The van der Waals surface area contributed by atoms with E-state index in [1.807, 2.05) is 6.92 Å². The second-order valence-electron chi connectivity index (χ2n) is 4.50. The van der Waals surface area contributed by atoms with Crippen molar-refractivity contribution in [3.8, 4) is 0 Å². The van der Waals surface area contributed by atoms with E-state index < -0.39 is 11.7 Å². The number of benzene rings is 1. The summed E-state index contributed by atoms with van der Waals surface area (Å²) in [6.07, 6.45) is -4.33. The van der Waals surface area contributed by atoms with Crippen LogP contribution in [0, 0.1) is 0 Å². The van der Waals surface area contributed by atoms with Crippen LogP contribution in [0.2, 0.25) is 0 Å². The molecule has 2 rings (SSSR count). The van der Waals surface area contributed by atoms with Crippen molar-refractivity contribution in [2.24, 2.45) is 12.8 Å². The Labute approximate surface area is 103 Å². The van der Waals surface area contributed by atoms with E-state index in [-0.39, 0.29) is 11.3 Å². The summed E-state index contributed by atoms with van der Waals surface area (Å²) in [6, 6.07) is 5.83. The number of aryl methyl sites for hydroxylation is 1. The zero-order valence-corrected chi connectivity index (χ0v) is 10.3. The van der Waals surface area contributed by atoms with Gasteiger partial charge in [-0.1, -0.05) is 13.0 Å². The first-order valence-corrected chi connectivity index (χ1v) is 5.72. The lowest BCUT2D eigenvalue weighted by Crippen LogP contribution is -2.11. The van der Waals surface area contributed by atoms with E-state index in [0.717, 1.165) is 11.8 Å². The highest BCUT2D eigenvalue weighted by atomic mass is 19.4. The number of hydrogen-bond acceptors (Lipinski definition) is 1. The van der Waals surface area contributed by atoms with Crippen LogP contribution in [0.1, 0.15) is 24.1 Å². The van der Waals surface area contributed by atoms with Gasteiger partial charge in [-0.05, 0) is 18.2 Å². The molecule has 0 aliphatic heterocycles. The Bertz CT molecular complexity index is 569. The van der Waals surface area contributed by atoms with Crippen molar-refractivity contribution >= 4 is 10.9 Å². The first-order valence-electron chi connectivity index (χ1n) is 5.72. The number of nitrogens with two attached hydrogens (primary N) is 1. The Kier molecular flexibility index (Phi) is 3.11. The van der Waals surface area contributed by atoms with Gasteiger partial charge < -0.3 is 10.3 Å². The summed E-state index contributed by atoms with van der Waals surface area (Å²) in [6.45, 7) is 2.31. The van der Waals surface area contributed by atoms with E-state index in [1.165, 1.54) is 6.07 Å². The highest BCUT2D eigenvalue weighted by molar-refractivity contribution is 5.85. The minimum Gasteiger partial charge on any atom is -0.347 e. The molecule has 1 aromatic heterocycles. The lowest BCUT2D eigenvalue weighted by molar-refractivity contribution is -0.136. The molecule has 2 N–H and O–H groups in total. The largest absolute Gasteiger partial charge is 0.417 e. The highest BCUT2D eigenvalue weighted by Crippen LogP contribution is 2.36. The Morgan fingerprint density at radius 3 is 2.56 bits per heavy atom. The van der Waals surface area contributed by atoms with Gasteiger partial charge in [0.2, 0.25) is 0 Å². The van der Waals surface area contributed by atoms with Crippen molar-refractivity contribution < 1.29 is 13.2 Å². The van der Waals surface area contributed by atoms with Crippen LogP contribution in [0.3, 0.4) is 0 Å². The molecule has 2 nitrogen and oxygen atoms in total. The van der Waals surface area contributed by atoms with E-state index in [0.29, 0.717) is 12.1 Å². The monoisotopic (exact) mass is 256 g/mol. The Balaban J connectivity index is 2.72. The van der Waals surface area contributed by atoms with Gasteiger partial charge in [0, 0.05) is 36.1 Å². The van der Waals surface area contributed by atoms with Gasteiger partial charge in [0.15, 0.2) is 0 Å². The van der Waals surface area contributed by atoms with Crippen molar-refractivity contribution in [3.63, 3.8) is 0 Å². The summed E-state index contributed by atoms with van der Waals surface area (Å²) >= 11 is 0. The number of fused-ring (bicyclic) bond motifs is 1. The summed E-state index contributed by atoms with van der Waals surface area (Å²) < 4.78 is 40.5. The molecule has 1 unspecified atom stereocenters. The molecule has 0 amide bonds. The molecule has 0 fully saturated rings. The van der Waals surface area contributed by atoms with Gasteiger partial charge in [0.25, 0.3) is 0 Å². The van der Waals surface area contributed by atoms with Gasteiger partial charge in [-0.2, -0.15) is 13.2 Å². The summed E-state index contributed by atoms with van der Waals surface area (Å²) in [4.78, 5) is 0. The van der Waals surface area contributed by atoms with Crippen LogP contribution in [0.4, 0.5) is 13.2 Å². The van der Waals surface area contributed by atoms with Gasteiger partial charge in [-0.3, -0.25) is 0 Å². The molecule has 18 heavy (non-hydrogen) atoms. The maximum atomic E-state index is 12.9. The van der Waals surface area contributed by atoms with Gasteiger partial charge in [-0.15, -0.1) is 0 Å². The van der Waals surface area contributed by atoms with Crippen molar-refractivity contribution in [1.82, 2.24) is 4.57 Å². The summed E-state index contributed by atoms with van der Waals surface area (Å²) in [7, 11) is 1.77. The minimum absolute atomic E-state index is 0.0310. The molecule has 1 atom stereocenters. The second-order valence-corrected chi connectivity index (χ2v) is 4.50. The SMILES string of the molecule is CC(CN)c1cc2c(C(F)(F)F)cccc2n1C. The quantitative estimate of drug-likeness (QED) is 0.878. The molecule has 0 bridgehead atoms. The van der Waals surface area contributed by atoms with E-state index in [2.05, 4.69) is 0 Å². The van der Waals surface area contributed by atoms with Crippen LogP contribution in [0.5, 0.6) is 0 Å². The average Bonchev–Trinajstić information content (AvgIpc) is 2.65. The molecule has 5 heteroatoms. The van der Waals surface area contributed by atoms with Crippen LogP contribution in [-0.4, -0.2) is 11.1 Å². The van der Waals surface area contributed by atoms with E-state index >= 15 is 0 Å². The predicted octanol–water partition coefficient (Wildman–Crippen LogP) is 3.26. The van der Waals surface area contributed by atoms with E-state index in [4.69, 9.17) is 5.73 Å². The molecule has 0 radical (unpaired) electrons. The lowest BCUT2D eigenvalue weighted by Gasteiger charge is -2.10. The van der Waals surface area contributed by atoms with Crippen LogP contribution < -0.4 is 5.73 Å². The number of halogens is 3. The standard InChI is InChI=1S/C13H15F3N2/c1-8(7-17)12-6-9-10(13(14,15)16)4-3-5-11(9)18(12)2/h3-6,8H,7,17H2,1-2H3. The van der Waals surface area contributed by atoms with Crippen LogP contribution >= 0.6 is 0 Å². The fourth-order valence-corrected chi connectivity index (χ4v) is 2.22. The van der Waals surface area contributed by atoms with Crippen molar-refractivity contribution in [3.05, 3.63) is 35.5 Å². The van der Waals surface area contributed by atoms with Gasteiger partial charge in [0.1, 0.15) is 0 Å². The van der Waals surface area contributed by atoms with E-state index in [1.54, 1.807) is 23.7 Å². The first kappa shape index (κ1) is 13.0. The molecule has 1 aromatic carbocycles. The summed E-state index contributed by atoms with van der Waals surface area (Å²) in [5.41, 5.74) is 6.40. The number of alkyl halides is 3. The average molecular weight is 256 g/mol. The van der Waals surface area contributed by atoms with Crippen molar-refractivity contribution in [2.45, 2.75) is 19.0 Å². The highest BCUT2D eigenvalue weighted by Gasteiger charge is 2.33. The molecule has 0 spiro atoms. The molecule has 0 saturated heterocycles. The fraction of sp³-hybridized carbons (Fsp3) is 0.385. The maximum absolute atomic E-state index is 12.9. The third kappa shape index (κ3) is 1.99. The molecular weight excluding hydrogens is 241 g/mol. The molecular formula is C13H15F3N2. The molecule has 0 aliphatic rings. The van der Waals surface area contributed by atoms with E-state index in [9.17, 15) is 13.2 Å². The zero-order chi connectivity index (χ0) is 13.5. The topological polar surface area (TPSA) is 30.9 Å². The van der Waals surface area contributed by atoms with Crippen molar-refractivity contribution in [1.29, 1.82) is 0 Å². The third-order valence-electron chi connectivity index (χ3n) is 3.29. The number of nitrogens with zero attached hydrogens (tertiary/aromatic N) is 1. The maximum Gasteiger partial charge on any atom is 0.417 e. The van der Waals surface area contributed by atoms with Crippen LogP contribution in [-0.2, 0) is 13.2 Å². The molecule has 98 valence electrons. The Morgan fingerprint density at radius 1 is 1.33 bits per heavy atom. The molecule has 0 saturated carbocycles.